The lowest BCUT2D eigenvalue weighted by Gasteiger charge is -2.19. The molecule has 2 rings (SSSR count). The van der Waals surface area contributed by atoms with E-state index in [2.05, 4.69) is 27.0 Å². The van der Waals surface area contributed by atoms with Crippen LogP contribution in [0.25, 0.3) is 0 Å². The highest BCUT2D eigenvalue weighted by Crippen LogP contribution is 2.20. The van der Waals surface area contributed by atoms with Crippen molar-refractivity contribution >= 4 is 53.2 Å². The van der Waals surface area contributed by atoms with Crippen molar-refractivity contribution in [2.45, 2.75) is 38.8 Å². The van der Waals surface area contributed by atoms with E-state index in [9.17, 15) is 9.59 Å². The molecular formula is C16H26IN5O2S. The number of imide groups is 1. The molecule has 1 aliphatic rings. The van der Waals surface area contributed by atoms with Crippen molar-refractivity contribution in [3.05, 3.63) is 22.4 Å². The van der Waals surface area contributed by atoms with E-state index >= 15 is 0 Å². The van der Waals surface area contributed by atoms with Gasteiger partial charge in [-0.15, -0.1) is 35.3 Å². The van der Waals surface area contributed by atoms with E-state index in [0.29, 0.717) is 31.9 Å². The molecule has 1 aromatic heterocycles. The third-order valence-electron chi connectivity index (χ3n) is 4.14. The van der Waals surface area contributed by atoms with Crippen LogP contribution in [-0.4, -0.2) is 48.5 Å². The summed E-state index contributed by atoms with van der Waals surface area (Å²) >= 11 is 1.69. The molecule has 3 amide bonds. The third-order valence-corrected chi connectivity index (χ3v) is 5.01. The second-order valence-corrected chi connectivity index (χ2v) is 6.89. The van der Waals surface area contributed by atoms with E-state index in [1.54, 1.807) is 25.3 Å². The standard InChI is InChI=1S/C16H25N5O2S.HI/c1-4-16(2)13(22)21(15(23)20-16)9-6-8-18-14(17-3)19-11-12-7-5-10-24-12;/h5,7,10H,4,6,8-9,11H2,1-3H3,(H,20,23)(H2,17,18,19);1H. The van der Waals surface area contributed by atoms with Gasteiger partial charge in [0.25, 0.3) is 5.91 Å². The highest BCUT2D eigenvalue weighted by molar-refractivity contribution is 14.0. The number of carbonyl (C=O) groups is 2. The van der Waals surface area contributed by atoms with Crippen molar-refractivity contribution in [1.29, 1.82) is 0 Å². The fraction of sp³-hybridized carbons (Fsp3) is 0.562. The van der Waals surface area contributed by atoms with Gasteiger partial charge < -0.3 is 16.0 Å². The number of amides is 3. The fourth-order valence-electron chi connectivity index (χ4n) is 2.44. The summed E-state index contributed by atoms with van der Waals surface area (Å²) in [6.07, 6.45) is 1.25. The molecule has 3 N–H and O–H groups in total. The molecule has 2 heterocycles. The normalized spacial score (nSPS) is 20.3. The molecule has 25 heavy (non-hydrogen) atoms. The second-order valence-electron chi connectivity index (χ2n) is 5.86. The van der Waals surface area contributed by atoms with Crippen molar-refractivity contribution in [1.82, 2.24) is 20.9 Å². The SMILES string of the molecule is CCC1(C)NC(=O)N(CCCNC(=NC)NCc2cccs2)C1=O.I. The molecule has 0 radical (unpaired) electrons. The Bertz CT molecular complexity index is 608. The molecule has 7 nitrogen and oxygen atoms in total. The summed E-state index contributed by atoms with van der Waals surface area (Å²) in [6.45, 7) is 5.41. The predicted molar refractivity (Wildman–Crippen MR) is 111 cm³/mol. The van der Waals surface area contributed by atoms with Crippen LogP contribution in [-0.2, 0) is 11.3 Å². The number of nitrogens with one attached hydrogen (secondary N) is 3. The molecule has 140 valence electrons. The number of carbonyl (C=O) groups excluding carboxylic acids is 2. The lowest BCUT2D eigenvalue weighted by Crippen LogP contribution is -2.43. The summed E-state index contributed by atoms with van der Waals surface area (Å²) in [6, 6.07) is 3.78. The zero-order valence-electron chi connectivity index (χ0n) is 14.8. The Morgan fingerprint density at radius 3 is 2.72 bits per heavy atom. The van der Waals surface area contributed by atoms with E-state index in [0.717, 1.165) is 6.54 Å². The Kier molecular flexibility index (Phi) is 8.63. The molecule has 0 spiro atoms. The van der Waals surface area contributed by atoms with E-state index in [1.165, 1.54) is 9.78 Å². The third kappa shape index (κ3) is 5.56. The van der Waals surface area contributed by atoms with Gasteiger partial charge in [0.1, 0.15) is 5.54 Å². The molecule has 1 aromatic rings. The zero-order chi connectivity index (χ0) is 17.6. The minimum Gasteiger partial charge on any atom is -0.356 e. The second kappa shape index (κ2) is 9.95. The molecule has 1 unspecified atom stereocenters. The summed E-state index contributed by atoms with van der Waals surface area (Å²) in [4.78, 5) is 30.9. The number of nitrogens with zero attached hydrogens (tertiary/aromatic N) is 2. The molecule has 0 saturated carbocycles. The van der Waals surface area contributed by atoms with Crippen molar-refractivity contribution in [3.8, 4) is 0 Å². The average Bonchev–Trinajstić information content (AvgIpc) is 3.16. The summed E-state index contributed by atoms with van der Waals surface area (Å²) in [5.41, 5.74) is -0.761. The van der Waals surface area contributed by atoms with E-state index < -0.39 is 5.54 Å². The van der Waals surface area contributed by atoms with Crippen LogP contribution in [0.1, 0.15) is 31.6 Å². The molecule has 1 saturated heterocycles. The maximum atomic E-state index is 12.3. The molecule has 0 aromatic carbocycles. The van der Waals surface area contributed by atoms with Crippen molar-refractivity contribution in [2.24, 2.45) is 4.99 Å². The largest absolute Gasteiger partial charge is 0.356 e. The van der Waals surface area contributed by atoms with Gasteiger partial charge >= 0.3 is 6.03 Å². The number of aliphatic imine (C=N–C) groups is 1. The number of halogens is 1. The Morgan fingerprint density at radius 2 is 2.16 bits per heavy atom. The number of hydrogen-bond acceptors (Lipinski definition) is 4. The minimum absolute atomic E-state index is 0. The van der Waals surface area contributed by atoms with E-state index in [1.807, 2.05) is 18.4 Å². The Hall–Kier alpha value is -1.36. The highest BCUT2D eigenvalue weighted by Gasteiger charge is 2.45. The van der Waals surface area contributed by atoms with Gasteiger partial charge in [0, 0.05) is 25.0 Å². The lowest BCUT2D eigenvalue weighted by molar-refractivity contribution is -0.130. The first-order valence-corrected chi connectivity index (χ1v) is 8.99. The van der Waals surface area contributed by atoms with Crippen LogP contribution in [0.15, 0.2) is 22.5 Å². The molecular weight excluding hydrogens is 453 g/mol. The van der Waals surface area contributed by atoms with Gasteiger partial charge in [0.15, 0.2) is 5.96 Å². The topological polar surface area (TPSA) is 85.8 Å². The van der Waals surface area contributed by atoms with Gasteiger partial charge in [-0.25, -0.2) is 4.79 Å². The Morgan fingerprint density at radius 1 is 1.40 bits per heavy atom. The quantitative estimate of drug-likeness (QED) is 0.184. The molecule has 9 heteroatoms. The predicted octanol–water partition coefficient (Wildman–Crippen LogP) is 2.14. The Labute approximate surface area is 169 Å². The van der Waals surface area contributed by atoms with Crippen LogP contribution in [0.4, 0.5) is 4.79 Å². The van der Waals surface area contributed by atoms with Crippen molar-refractivity contribution in [3.63, 3.8) is 0 Å². The smallest absolute Gasteiger partial charge is 0.325 e. The van der Waals surface area contributed by atoms with Gasteiger partial charge in [0.05, 0.1) is 6.54 Å². The monoisotopic (exact) mass is 479 g/mol. The highest BCUT2D eigenvalue weighted by atomic mass is 127. The molecule has 1 fully saturated rings. The number of guanidine groups is 1. The zero-order valence-corrected chi connectivity index (χ0v) is 17.9. The fourth-order valence-corrected chi connectivity index (χ4v) is 3.08. The van der Waals surface area contributed by atoms with Crippen LogP contribution in [0, 0.1) is 0 Å². The van der Waals surface area contributed by atoms with Gasteiger partial charge in [-0.2, -0.15) is 0 Å². The molecule has 1 atom stereocenters. The van der Waals surface area contributed by atoms with E-state index in [4.69, 9.17) is 0 Å². The van der Waals surface area contributed by atoms with Gasteiger partial charge in [-0.3, -0.25) is 14.7 Å². The van der Waals surface area contributed by atoms with Crippen LogP contribution < -0.4 is 16.0 Å². The lowest BCUT2D eigenvalue weighted by atomic mass is 9.99. The van der Waals surface area contributed by atoms with Gasteiger partial charge in [-0.05, 0) is 31.2 Å². The van der Waals surface area contributed by atoms with Crippen molar-refractivity contribution in [2.75, 3.05) is 20.1 Å². The number of urea groups is 1. The molecule has 0 bridgehead atoms. The molecule has 1 aliphatic heterocycles. The van der Waals surface area contributed by atoms with Crippen molar-refractivity contribution < 1.29 is 9.59 Å². The first-order valence-electron chi connectivity index (χ1n) is 8.11. The van der Waals surface area contributed by atoms with Gasteiger partial charge in [0.2, 0.25) is 0 Å². The first kappa shape index (κ1) is 21.7. The maximum absolute atomic E-state index is 12.3. The minimum atomic E-state index is -0.761. The number of hydrogen-bond donors (Lipinski definition) is 3. The van der Waals surface area contributed by atoms with Crippen LogP contribution in [0.3, 0.4) is 0 Å². The summed E-state index contributed by atoms with van der Waals surface area (Å²) < 4.78 is 0. The number of rotatable bonds is 7. The van der Waals surface area contributed by atoms with Crippen LogP contribution in [0.2, 0.25) is 0 Å². The van der Waals surface area contributed by atoms with Gasteiger partial charge in [-0.1, -0.05) is 13.0 Å². The summed E-state index contributed by atoms with van der Waals surface area (Å²) in [5.74, 6) is 0.564. The summed E-state index contributed by atoms with van der Waals surface area (Å²) in [5, 5.41) is 11.2. The Balaban J connectivity index is 0.00000312. The number of thiophene rings is 1. The average molecular weight is 479 g/mol. The maximum Gasteiger partial charge on any atom is 0.325 e. The molecule has 0 aliphatic carbocycles. The van der Waals surface area contributed by atoms with E-state index in [-0.39, 0.29) is 35.9 Å². The summed E-state index contributed by atoms with van der Waals surface area (Å²) in [7, 11) is 1.72. The first-order chi connectivity index (χ1) is 11.5. The van der Waals surface area contributed by atoms with Crippen LogP contribution in [0.5, 0.6) is 0 Å². The van der Waals surface area contributed by atoms with Crippen LogP contribution >= 0.6 is 35.3 Å².